The fraction of sp³-hybridized carbons (Fsp3) is 0.100. The highest BCUT2D eigenvalue weighted by molar-refractivity contribution is 7.18. The van der Waals surface area contributed by atoms with E-state index in [0.29, 0.717) is 5.56 Å². The van der Waals surface area contributed by atoms with Gasteiger partial charge in [0, 0.05) is 10.8 Å². The van der Waals surface area contributed by atoms with Gasteiger partial charge in [-0.1, -0.05) is 6.07 Å². The van der Waals surface area contributed by atoms with E-state index < -0.39 is 0 Å². The Kier molecular flexibility index (Phi) is 1.71. The van der Waals surface area contributed by atoms with Gasteiger partial charge in [-0.2, -0.15) is 5.26 Å². The number of nitrogens with zero attached hydrogens (tertiary/aromatic N) is 1. The number of hydrogen-bond acceptors (Lipinski definition) is 3. The molecule has 1 heterocycles. The summed E-state index contributed by atoms with van der Waals surface area (Å²) in [5.74, 6) is 0. The molecular weight excluding hydrogens is 180 g/mol. The standard InChI is InChI=1S/C10H8N2S/c1-6-2-3-7(4-11)10-9(6)8(12)5-13-10/h2-3,5H,12H2,1H3. The number of nitrogen functional groups attached to an aromatic ring is 1. The van der Waals surface area contributed by atoms with Crippen LogP contribution in [0, 0.1) is 18.3 Å². The fourth-order valence-corrected chi connectivity index (χ4v) is 2.43. The average Bonchev–Trinajstić information content (AvgIpc) is 2.50. The number of nitrogens with two attached hydrogens (primary N) is 1. The molecule has 0 aliphatic carbocycles. The van der Waals surface area contributed by atoms with E-state index in [1.165, 1.54) is 11.3 Å². The summed E-state index contributed by atoms with van der Waals surface area (Å²) in [7, 11) is 0. The van der Waals surface area contributed by atoms with Crippen molar-refractivity contribution in [2.24, 2.45) is 0 Å². The first-order chi connectivity index (χ1) is 6.24. The minimum atomic E-state index is 0.710. The first kappa shape index (κ1) is 8.09. The molecule has 1 aromatic heterocycles. The Morgan fingerprint density at radius 3 is 2.92 bits per heavy atom. The molecular formula is C10H8N2S. The van der Waals surface area contributed by atoms with E-state index in [1.807, 2.05) is 24.4 Å². The Bertz CT molecular complexity index is 505. The summed E-state index contributed by atoms with van der Waals surface area (Å²) in [5, 5.41) is 11.8. The van der Waals surface area contributed by atoms with E-state index in [0.717, 1.165) is 21.3 Å². The zero-order valence-corrected chi connectivity index (χ0v) is 7.98. The lowest BCUT2D eigenvalue weighted by Gasteiger charge is -1.98. The lowest BCUT2D eigenvalue weighted by Crippen LogP contribution is -1.84. The van der Waals surface area contributed by atoms with Crippen LogP contribution in [0.3, 0.4) is 0 Å². The molecule has 1 aromatic carbocycles. The van der Waals surface area contributed by atoms with E-state index in [4.69, 9.17) is 11.0 Å². The van der Waals surface area contributed by atoms with Gasteiger partial charge in [0.25, 0.3) is 0 Å². The predicted octanol–water partition coefficient (Wildman–Crippen LogP) is 2.66. The highest BCUT2D eigenvalue weighted by Crippen LogP contribution is 2.32. The van der Waals surface area contributed by atoms with E-state index in [2.05, 4.69) is 6.07 Å². The highest BCUT2D eigenvalue weighted by Gasteiger charge is 2.07. The van der Waals surface area contributed by atoms with Gasteiger partial charge in [-0.15, -0.1) is 11.3 Å². The minimum absolute atomic E-state index is 0.710. The van der Waals surface area contributed by atoms with Gasteiger partial charge < -0.3 is 5.73 Å². The molecule has 0 atom stereocenters. The summed E-state index contributed by atoms with van der Waals surface area (Å²) in [5.41, 5.74) is 8.42. The molecule has 2 rings (SSSR count). The van der Waals surface area contributed by atoms with Gasteiger partial charge in [-0.3, -0.25) is 0 Å². The van der Waals surface area contributed by atoms with Gasteiger partial charge in [0.15, 0.2) is 0 Å². The number of benzene rings is 1. The molecule has 2 nitrogen and oxygen atoms in total. The van der Waals surface area contributed by atoms with Crippen LogP contribution in [0.2, 0.25) is 0 Å². The van der Waals surface area contributed by atoms with Crippen LogP contribution < -0.4 is 5.73 Å². The van der Waals surface area contributed by atoms with Gasteiger partial charge >= 0.3 is 0 Å². The van der Waals surface area contributed by atoms with Crippen LogP contribution in [-0.4, -0.2) is 0 Å². The van der Waals surface area contributed by atoms with Crippen molar-refractivity contribution in [1.29, 1.82) is 5.26 Å². The van der Waals surface area contributed by atoms with E-state index in [1.54, 1.807) is 0 Å². The molecule has 0 unspecified atom stereocenters. The van der Waals surface area contributed by atoms with Crippen molar-refractivity contribution in [3.63, 3.8) is 0 Å². The third kappa shape index (κ3) is 1.07. The van der Waals surface area contributed by atoms with Gasteiger partial charge in [0.2, 0.25) is 0 Å². The summed E-state index contributed by atoms with van der Waals surface area (Å²) < 4.78 is 1.00. The molecule has 0 aliphatic rings. The van der Waals surface area contributed by atoms with Gasteiger partial charge in [-0.25, -0.2) is 0 Å². The van der Waals surface area contributed by atoms with Crippen molar-refractivity contribution in [2.45, 2.75) is 6.92 Å². The number of thiophene rings is 1. The van der Waals surface area contributed by atoms with Gasteiger partial charge in [0.1, 0.15) is 6.07 Å². The Hall–Kier alpha value is -1.53. The molecule has 64 valence electrons. The Morgan fingerprint density at radius 2 is 2.23 bits per heavy atom. The van der Waals surface area contributed by atoms with Crippen LogP contribution in [0.25, 0.3) is 10.1 Å². The second-order valence-electron chi connectivity index (χ2n) is 2.94. The predicted molar refractivity (Wildman–Crippen MR) is 55.7 cm³/mol. The maximum absolute atomic E-state index is 8.85. The summed E-state index contributed by atoms with van der Waals surface area (Å²) in [6.07, 6.45) is 0. The quantitative estimate of drug-likeness (QED) is 0.691. The second-order valence-corrected chi connectivity index (χ2v) is 3.82. The number of nitriles is 1. The first-order valence-corrected chi connectivity index (χ1v) is 4.78. The fourth-order valence-electron chi connectivity index (χ4n) is 1.43. The highest BCUT2D eigenvalue weighted by atomic mass is 32.1. The van der Waals surface area contributed by atoms with Crippen molar-refractivity contribution in [3.05, 3.63) is 28.6 Å². The maximum Gasteiger partial charge on any atom is 0.101 e. The van der Waals surface area contributed by atoms with Crippen LogP contribution in [0.15, 0.2) is 17.5 Å². The van der Waals surface area contributed by atoms with E-state index >= 15 is 0 Å². The van der Waals surface area contributed by atoms with Crippen LogP contribution in [0.5, 0.6) is 0 Å². The maximum atomic E-state index is 8.85. The van der Waals surface area contributed by atoms with Crippen molar-refractivity contribution in [1.82, 2.24) is 0 Å². The van der Waals surface area contributed by atoms with Crippen molar-refractivity contribution < 1.29 is 0 Å². The first-order valence-electron chi connectivity index (χ1n) is 3.90. The number of rotatable bonds is 0. The number of fused-ring (bicyclic) bond motifs is 1. The molecule has 0 saturated carbocycles. The minimum Gasteiger partial charge on any atom is -0.398 e. The number of hydrogen-bond donors (Lipinski definition) is 1. The molecule has 0 spiro atoms. The molecule has 2 N–H and O–H groups in total. The lowest BCUT2D eigenvalue weighted by atomic mass is 10.1. The van der Waals surface area contributed by atoms with Crippen molar-refractivity contribution in [2.75, 3.05) is 5.73 Å². The zero-order chi connectivity index (χ0) is 9.42. The normalized spacial score (nSPS) is 10.2. The third-order valence-electron chi connectivity index (χ3n) is 2.08. The summed E-state index contributed by atoms with van der Waals surface area (Å²) in [6, 6.07) is 5.94. The van der Waals surface area contributed by atoms with Gasteiger partial charge in [-0.05, 0) is 18.6 Å². The molecule has 0 saturated heterocycles. The summed E-state index contributed by atoms with van der Waals surface area (Å²) in [4.78, 5) is 0. The number of aryl methyl sites for hydroxylation is 1. The van der Waals surface area contributed by atoms with Crippen molar-refractivity contribution in [3.8, 4) is 6.07 Å². The molecule has 0 amide bonds. The molecule has 0 fully saturated rings. The summed E-state index contributed by atoms with van der Waals surface area (Å²) >= 11 is 1.53. The largest absolute Gasteiger partial charge is 0.398 e. The van der Waals surface area contributed by atoms with E-state index in [9.17, 15) is 0 Å². The monoisotopic (exact) mass is 188 g/mol. The second kappa shape index (κ2) is 2.75. The number of anilines is 1. The molecule has 3 heteroatoms. The van der Waals surface area contributed by atoms with Crippen molar-refractivity contribution >= 4 is 27.1 Å². The zero-order valence-electron chi connectivity index (χ0n) is 7.16. The molecule has 0 bridgehead atoms. The Labute approximate surface area is 80.2 Å². The smallest absolute Gasteiger partial charge is 0.101 e. The van der Waals surface area contributed by atoms with Crippen LogP contribution in [0.1, 0.15) is 11.1 Å². The average molecular weight is 188 g/mol. The van der Waals surface area contributed by atoms with Crippen LogP contribution in [-0.2, 0) is 0 Å². The molecule has 0 aliphatic heterocycles. The topological polar surface area (TPSA) is 49.8 Å². The Balaban J connectivity index is 2.97. The molecule has 13 heavy (non-hydrogen) atoms. The third-order valence-corrected chi connectivity index (χ3v) is 3.11. The Morgan fingerprint density at radius 1 is 1.46 bits per heavy atom. The SMILES string of the molecule is Cc1ccc(C#N)c2scc(N)c12. The summed E-state index contributed by atoms with van der Waals surface area (Å²) in [6.45, 7) is 2.01. The van der Waals surface area contributed by atoms with Gasteiger partial charge in [0.05, 0.1) is 16.0 Å². The molecule has 0 radical (unpaired) electrons. The van der Waals surface area contributed by atoms with Crippen LogP contribution >= 0.6 is 11.3 Å². The van der Waals surface area contributed by atoms with E-state index in [-0.39, 0.29) is 0 Å². The van der Waals surface area contributed by atoms with Crippen LogP contribution in [0.4, 0.5) is 5.69 Å². The lowest BCUT2D eigenvalue weighted by molar-refractivity contribution is 1.49. The molecule has 2 aromatic rings.